The van der Waals surface area contributed by atoms with Crippen LogP contribution in [0.25, 0.3) is 21.7 Å². The lowest BCUT2D eigenvalue weighted by Gasteiger charge is -2.09. The molecule has 2 aromatic rings. The van der Waals surface area contributed by atoms with E-state index in [4.69, 9.17) is 10.6 Å². The van der Waals surface area contributed by atoms with Gasteiger partial charge in [-0.05, 0) is 5.53 Å². The molecule has 2 rings (SSSR count). The third-order valence-corrected chi connectivity index (χ3v) is 2.40. The number of nitrogens with zero attached hydrogens (tertiary/aromatic N) is 5. The van der Waals surface area contributed by atoms with Gasteiger partial charge in [0.25, 0.3) is 0 Å². The van der Waals surface area contributed by atoms with Gasteiger partial charge >= 0.3 is 6.09 Å². The molecule has 1 aromatic carbocycles. The second-order valence-electron chi connectivity index (χ2n) is 3.73. The molecule has 0 spiro atoms. The van der Waals surface area contributed by atoms with Crippen LogP contribution in [-0.4, -0.2) is 21.2 Å². The van der Waals surface area contributed by atoms with Crippen molar-refractivity contribution in [3.05, 3.63) is 52.8 Å². The van der Waals surface area contributed by atoms with Crippen LogP contribution in [0.15, 0.2) is 41.6 Å². The number of carbonyl (C=O) groups is 1. The van der Waals surface area contributed by atoms with Crippen molar-refractivity contribution in [3.63, 3.8) is 0 Å². The molecule has 0 saturated carbocycles. The molecule has 0 aliphatic carbocycles. The van der Waals surface area contributed by atoms with E-state index in [0.29, 0.717) is 11.5 Å². The Morgan fingerprint density at radius 2 is 2.15 bits per heavy atom. The molecule has 0 unspecified atom stereocenters. The Bertz CT molecular complexity index is 667. The zero-order chi connectivity index (χ0) is 14.4. The maximum Gasteiger partial charge on any atom is 0.409 e. The second-order valence-corrected chi connectivity index (χ2v) is 3.73. The first-order chi connectivity index (χ1) is 9.70. The summed E-state index contributed by atoms with van der Waals surface area (Å²) in [5.41, 5.74) is 9.74. The van der Waals surface area contributed by atoms with Gasteiger partial charge in [-0.1, -0.05) is 35.4 Å². The number of nitrogens with one attached hydrogen (secondary N) is 1. The molecule has 1 aromatic heterocycles. The Morgan fingerprint density at radius 3 is 2.80 bits per heavy atom. The molecule has 20 heavy (non-hydrogen) atoms. The molecule has 0 radical (unpaired) electrons. The lowest BCUT2D eigenvalue weighted by Crippen LogP contribution is -2.10. The maximum absolute atomic E-state index is 10.8. The number of hydrogen-bond acceptors (Lipinski definition) is 4. The van der Waals surface area contributed by atoms with E-state index in [1.165, 1.54) is 6.20 Å². The summed E-state index contributed by atoms with van der Waals surface area (Å²) < 4.78 is 0. The normalized spacial score (nSPS) is 9.60. The van der Waals surface area contributed by atoms with Gasteiger partial charge in [0.15, 0.2) is 0 Å². The summed E-state index contributed by atoms with van der Waals surface area (Å²) in [6.45, 7) is 0.00366. The van der Waals surface area contributed by atoms with Crippen molar-refractivity contribution >= 4 is 11.8 Å². The summed E-state index contributed by atoms with van der Waals surface area (Å²) in [5, 5.41) is 14.4. The van der Waals surface area contributed by atoms with Crippen LogP contribution in [0.3, 0.4) is 0 Å². The van der Waals surface area contributed by atoms with E-state index in [0.717, 1.165) is 5.56 Å². The fourth-order valence-corrected chi connectivity index (χ4v) is 1.61. The van der Waals surface area contributed by atoms with Crippen LogP contribution in [-0.2, 0) is 6.54 Å². The summed E-state index contributed by atoms with van der Waals surface area (Å²) >= 11 is 0. The minimum Gasteiger partial charge on any atom is -0.465 e. The molecule has 0 atom stereocenters. The minimum absolute atomic E-state index is 0.00366. The number of amides is 1. The van der Waals surface area contributed by atoms with E-state index >= 15 is 0 Å². The van der Waals surface area contributed by atoms with Crippen molar-refractivity contribution in [2.24, 2.45) is 5.11 Å². The number of azide groups is 1. The summed E-state index contributed by atoms with van der Waals surface area (Å²) in [6, 6.07) is 9.07. The molecule has 0 aliphatic heterocycles. The van der Waals surface area contributed by atoms with E-state index in [2.05, 4.69) is 25.3 Å². The highest BCUT2D eigenvalue weighted by molar-refractivity contribution is 5.88. The average Bonchev–Trinajstić information content (AvgIpc) is 2.46. The van der Waals surface area contributed by atoms with Crippen LogP contribution in [0.5, 0.6) is 0 Å². The first-order valence-electron chi connectivity index (χ1n) is 5.63. The van der Waals surface area contributed by atoms with Crippen molar-refractivity contribution < 1.29 is 9.90 Å². The van der Waals surface area contributed by atoms with Gasteiger partial charge in [-0.15, -0.1) is 0 Å². The van der Waals surface area contributed by atoms with Crippen LogP contribution < -0.4 is 5.32 Å². The number of hydrogen-bond donors (Lipinski definition) is 2. The zero-order valence-corrected chi connectivity index (χ0v) is 10.3. The lowest BCUT2D eigenvalue weighted by atomic mass is 10.1. The highest BCUT2D eigenvalue weighted by Gasteiger charge is 2.11. The fraction of sp³-hybridized carbons (Fsp3) is 0.0833. The first kappa shape index (κ1) is 13.3. The van der Waals surface area contributed by atoms with E-state index < -0.39 is 6.09 Å². The van der Waals surface area contributed by atoms with Gasteiger partial charge in [-0.25, -0.2) is 14.8 Å². The van der Waals surface area contributed by atoms with Crippen molar-refractivity contribution in [3.8, 4) is 11.3 Å². The Balaban J connectivity index is 2.47. The van der Waals surface area contributed by atoms with Crippen LogP contribution in [0.1, 0.15) is 5.82 Å². The Hall–Kier alpha value is -3.12. The van der Waals surface area contributed by atoms with Gasteiger partial charge in [0.2, 0.25) is 0 Å². The van der Waals surface area contributed by atoms with Crippen LogP contribution in [0.2, 0.25) is 0 Å². The predicted octanol–water partition coefficient (Wildman–Crippen LogP) is 3.04. The number of carboxylic acid groups (broad SMARTS) is 1. The highest BCUT2D eigenvalue weighted by Crippen LogP contribution is 2.25. The van der Waals surface area contributed by atoms with Crippen molar-refractivity contribution in [1.82, 2.24) is 9.97 Å². The van der Waals surface area contributed by atoms with Gasteiger partial charge in [0.1, 0.15) is 5.82 Å². The van der Waals surface area contributed by atoms with E-state index in [-0.39, 0.29) is 12.2 Å². The summed E-state index contributed by atoms with van der Waals surface area (Å²) in [5.74, 6) is 0.317. The standard InChI is InChI=1S/C12H10N6O2/c13-18-15-7-10-14-6-9(16-12(19)20)11(17-10)8-4-2-1-3-5-8/h1-6,16H,7H2,(H,19,20). The summed E-state index contributed by atoms with van der Waals surface area (Å²) in [6.07, 6.45) is 0.152. The lowest BCUT2D eigenvalue weighted by molar-refractivity contribution is 0.209. The molecule has 0 saturated heterocycles. The molecule has 0 aliphatic rings. The first-order valence-corrected chi connectivity index (χ1v) is 5.63. The third-order valence-electron chi connectivity index (χ3n) is 2.40. The zero-order valence-electron chi connectivity index (χ0n) is 10.3. The van der Waals surface area contributed by atoms with Crippen molar-refractivity contribution in [1.29, 1.82) is 0 Å². The molecule has 8 heteroatoms. The largest absolute Gasteiger partial charge is 0.465 e. The Labute approximate surface area is 113 Å². The van der Waals surface area contributed by atoms with E-state index in [9.17, 15) is 4.79 Å². The molecular weight excluding hydrogens is 260 g/mol. The minimum atomic E-state index is -1.20. The average molecular weight is 270 g/mol. The van der Waals surface area contributed by atoms with Gasteiger partial charge in [0, 0.05) is 10.5 Å². The Morgan fingerprint density at radius 1 is 1.40 bits per heavy atom. The smallest absolute Gasteiger partial charge is 0.409 e. The molecule has 1 amide bonds. The quantitative estimate of drug-likeness (QED) is 0.503. The number of benzene rings is 1. The summed E-state index contributed by atoms with van der Waals surface area (Å²) in [4.78, 5) is 21.6. The van der Waals surface area contributed by atoms with Gasteiger partial charge in [-0.3, -0.25) is 5.32 Å². The van der Waals surface area contributed by atoms with E-state index in [1.54, 1.807) is 12.1 Å². The third kappa shape index (κ3) is 3.21. The fourth-order valence-electron chi connectivity index (χ4n) is 1.61. The Kier molecular flexibility index (Phi) is 4.10. The van der Waals surface area contributed by atoms with Crippen LogP contribution >= 0.6 is 0 Å². The van der Waals surface area contributed by atoms with Crippen molar-refractivity contribution in [2.75, 3.05) is 5.32 Å². The van der Waals surface area contributed by atoms with E-state index in [1.807, 2.05) is 18.2 Å². The molecule has 8 nitrogen and oxygen atoms in total. The maximum atomic E-state index is 10.8. The number of anilines is 1. The van der Waals surface area contributed by atoms with Crippen LogP contribution in [0.4, 0.5) is 10.5 Å². The van der Waals surface area contributed by atoms with Crippen molar-refractivity contribution in [2.45, 2.75) is 6.54 Å². The highest BCUT2D eigenvalue weighted by atomic mass is 16.4. The summed E-state index contributed by atoms with van der Waals surface area (Å²) in [7, 11) is 0. The van der Waals surface area contributed by atoms with Gasteiger partial charge in [-0.2, -0.15) is 0 Å². The molecule has 1 heterocycles. The van der Waals surface area contributed by atoms with Crippen LogP contribution in [0, 0.1) is 0 Å². The molecule has 0 fully saturated rings. The topological polar surface area (TPSA) is 124 Å². The molecule has 100 valence electrons. The molecule has 0 bridgehead atoms. The van der Waals surface area contributed by atoms with Gasteiger partial charge < -0.3 is 5.11 Å². The molecule has 2 N–H and O–H groups in total. The number of rotatable bonds is 4. The second kappa shape index (κ2) is 6.17. The molecular formula is C12H10N6O2. The predicted molar refractivity (Wildman–Crippen MR) is 72.0 cm³/mol. The van der Waals surface area contributed by atoms with Gasteiger partial charge in [0.05, 0.1) is 24.1 Å². The monoisotopic (exact) mass is 270 g/mol. The number of aromatic nitrogens is 2. The SMILES string of the molecule is [N-]=[N+]=NCc1ncc(NC(=O)O)c(-c2ccccc2)n1.